The fourth-order valence-electron chi connectivity index (χ4n) is 4.17. The van der Waals surface area contributed by atoms with E-state index in [2.05, 4.69) is 24.3 Å². The number of halogens is 1. The number of carbonyl (C=O) groups excluding carboxylic acids is 2. The Hall–Kier alpha value is -2.34. The van der Waals surface area contributed by atoms with Gasteiger partial charge in [0, 0.05) is 11.1 Å². The topological polar surface area (TPSA) is 73.2 Å². The van der Waals surface area contributed by atoms with Crippen LogP contribution in [0.2, 0.25) is 5.02 Å². The van der Waals surface area contributed by atoms with E-state index >= 15 is 0 Å². The summed E-state index contributed by atoms with van der Waals surface area (Å²) in [5, 5.41) is 8.14. The summed E-state index contributed by atoms with van der Waals surface area (Å²) in [6.07, 6.45) is 3.27. The minimum Gasteiger partial charge on any atom is -0.452 e. The maximum absolute atomic E-state index is 12.7. The number of esters is 1. The molecule has 0 spiro atoms. The molecule has 1 N–H and O–H groups in total. The summed E-state index contributed by atoms with van der Waals surface area (Å²) in [6.45, 7) is 8.13. The third kappa shape index (κ3) is 5.04. The number of carbonyl (C=O) groups is 2. The second-order valence-electron chi connectivity index (χ2n) is 8.31. The minimum atomic E-state index is -0.532. The SMILES string of the molecule is Cc1nn(Cc2ccccc2Cl)c(C)c1C(=O)OCC(=O)N[C@@H]1CCC[C@@H](C)[C@H]1C. The van der Waals surface area contributed by atoms with Crippen molar-refractivity contribution in [2.75, 3.05) is 6.61 Å². The predicted molar refractivity (Wildman–Crippen MR) is 117 cm³/mol. The molecular weight excluding hydrogens is 402 g/mol. The van der Waals surface area contributed by atoms with Gasteiger partial charge >= 0.3 is 5.97 Å². The van der Waals surface area contributed by atoms with Crippen LogP contribution < -0.4 is 5.32 Å². The molecule has 0 unspecified atom stereocenters. The van der Waals surface area contributed by atoms with Gasteiger partial charge in [0.2, 0.25) is 0 Å². The highest BCUT2D eigenvalue weighted by molar-refractivity contribution is 6.31. The molecule has 1 aromatic carbocycles. The average molecular weight is 432 g/mol. The number of benzene rings is 1. The van der Waals surface area contributed by atoms with Gasteiger partial charge in [-0.15, -0.1) is 0 Å². The molecule has 1 amide bonds. The molecule has 0 saturated heterocycles. The highest BCUT2D eigenvalue weighted by atomic mass is 35.5. The molecule has 3 rings (SSSR count). The Morgan fingerprint density at radius 3 is 2.70 bits per heavy atom. The van der Waals surface area contributed by atoms with Crippen LogP contribution >= 0.6 is 11.6 Å². The maximum Gasteiger partial charge on any atom is 0.342 e. The van der Waals surface area contributed by atoms with E-state index in [1.54, 1.807) is 11.6 Å². The smallest absolute Gasteiger partial charge is 0.342 e. The summed E-state index contributed by atoms with van der Waals surface area (Å²) in [5.74, 6) is 0.218. The number of hydrogen-bond acceptors (Lipinski definition) is 4. The molecule has 3 atom stereocenters. The third-order valence-electron chi connectivity index (χ3n) is 6.25. The Bertz CT molecular complexity index is 924. The lowest BCUT2D eigenvalue weighted by Crippen LogP contribution is -2.45. The van der Waals surface area contributed by atoms with Gasteiger partial charge in [0.15, 0.2) is 6.61 Å². The number of nitrogens with one attached hydrogen (secondary N) is 1. The zero-order valence-electron chi connectivity index (χ0n) is 18.1. The van der Waals surface area contributed by atoms with Crippen LogP contribution in [0.3, 0.4) is 0 Å². The minimum absolute atomic E-state index is 0.141. The van der Waals surface area contributed by atoms with E-state index in [1.807, 2.05) is 31.2 Å². The van der Waals surface area contributed by atoms with E-state index < -0.39 is 5.97 Å². The molecule has 0 aliphatic heterocycles. The Labute approximate surface area is 182 Å². The van der Waals surface area contributed by atoms with Crippen molar-refractivity contribution < 1.29 is 14.3 Å². The van der Waals surface area contributed by atoms with E-state index in [0.29, 0.717) is 40.4 Å². The second kappa shape index (κ2) is 9.65. The highest BCUT2D eigenvalue weighted by Gasteiger charge is 2.28. The van der Waals surface area contributed by atoms with Crippen LogP contribution in [-0.4, -0.2) is 34.3 Å². The first kappa shape index (κ1) is 22.3. The number of aryl methyl sites for hydroxylation is 1. The molecule has 30 heavy (non-hydrogen) atoms. The van der Waals surface area contributed by atoms with Crippen LogP contribution in [0.5, 0.6) is 0 Å². The largest absolute Gasteiger partial charge is 0.452 e. The molecule has 1 heterocycles. The maximum atomic E-state index is 12.7. The third-order valence-corrected chi connectivity index (χ3v) is 6.62. The van der Waals surface area contributed by atoms with E-state index in [4.69, 9.17) is 16.3 Å². The van der Waals surface area contributed by atoms with Crippen molar-refractivity contribution in [3.63, 3.8) is 0 Å². The highest BCUT2D eigenvalue weighted by Crippen LogP contribution is 2.29. The summed E-state index contributed by atoms with van der Waals surface area (Å²) < 4.78 is 7.05. The molecule has 1 fully saturated rings. The van der Waals surface area contributed by atoms with Crippen molar-refractivity contribution in [1.82, 2.24) is 15.1 Å². The van der Waals surface area contributed by atoms with Crippen LogP contribution in [0.1, 0.15) is 60.4 Å². The second-order valence-corrected chi connectivity index (χ2v) is 8.72. The molecule has 1 aromatic heterocycles. The van der Waals surface area contributed by atoms with Gasteiger partial charge in [0.05, 0.1) is 17.9 Å². The molecule has 0 bridgehead atoms. The fourth-order valence-corrected chi connectivity index (χ4v) is 4.37. The van der Waals surface area contributed by atoms with Crippen LogP contribution in [-0.2, 0) is 16.1 Å². The number of aromatic nitrogens is 2. The number of rotatable bonds is 6. The van der Waals surface area contributed by atoms with Crippen molar-refractivity contribution in [3.8, 4) is 0 Å². The van der Waals surface area contributed by atoms with Gasteiger partial charge in [-0.25, -0.2) is 4.79 Å². The lowest BCUT2D eigenvalue weighted by Gasteiger charge is -2.34. The molecule has 1 aliphatic rings. The number of hydrogen-bond donors (Lipinski definition) is 1. The van der Waals surface area contributed by atoms with Crippen LogP contribution in [0.25, 0.3) is 0 Å². The van der Waals surface area contributed by atoms with Gasteiger partial charge in [0.25, 0.3) is 5.91 Å². The number of ether oxygens (including phenoxy) is 1. The Morgan fingerprint density at radius 1 is 1.23 bits per heavy atom. The number of nitrogens with zero attached hydrogens (tertiary/aromatic N) is 2. The first-order valence-electron chi connectivity index (χ1n) is 10.5. The summed E-state index contributed by atoms with van der Waals surface area (Å²) in [6, 6.07) is 7.67. The van der Waals surface area contributed by atoms with E-state index in [0.717, 1.165) is 18.4 Å². The molecule has 6 nitrogen and oxygen atoms in total. The van der Waals surface area contributed by atoms with Crippen LogP contribution in [0.4, 0.5) is 0 Å². The fraction of sp³-hybridized carbons (Fsp3) is 0.522. The molecule has 1 aliphatic carbocycles. The molecule has 2 aromatic rings. The Balaban J connectivity index is 1.61. The van der Waals surface area contributed by atoms with Crippen molar-refractivity contribution in [1.29, 1.82) is 0 Å². The molecule has 7 heteroatoms. The van der Waals surface area contributed by atoms with Crippen molar-refractivity contribution >= 4 is 23.5 Å². The standard InChI is InChI=1S/C23H30ClN3O3/c1-14-8-7-11-20(15(14)2)25-21(28)13-30-23(29)22-16(3)26-27(17(22)4)12-18-9-5-6-10-19(18)24/h5-6,9-10,14-15,20H,7-8,11-13H2,1-4H3,(H,25,28)/t14-,15-,20-/m1/s1. The van der Waals surface area contributed by atoms with Gasteiger partial charge < -0.3 is 10.1 Å². The van der Waals surface area contributed by atoms with Gasteiger partial charge in [-0.05, 0) is 43.7 Å². The zero-order valence-corrected chi connectivity index (χ0v) is 18.8. The lowest BCUT2D eigenvalue weighted by molar-refractivity contribution is -0.125. The number of amides is 1. The quantitative estimate of drug-likeness (QED) is 0.692. The van der Waals surface area contributed by atoms with Crippen molar-refractivity contribution in [2.45, 2.75) is 59.5 Å². The lowest BCUT2D eigenvalue weighted by atomic mass is 9.78. The zero-order chi connectivity index (χ0) is 21.8. The summed E-state index contributed by atoms with van der Waals surface area (Å²) >= 11 is 6.24. The summed E-state index contributed by atoms with van der Waals surface area (Å²) in [4.78, 5) is 25.0. The van der Waals surface area contributed by atoms with E-state index in [1.165, 1.54) is 6.42 Å². The van der Waals surface area contributed by atoms with E-state index in [9.17, 15) is 9.59 Å². The van der Waals surface area contributed by atoms with Crippen LogP contribution in [0.15, 0.2) is 24.3 Å². The molecular formula is C23H30ClN3O3. The molecule has 162 valence electrons. The van der Waals surface area contributed by atoms with Gasteiger partial charge in [-0.2, -0.15) is 5.10 Å². The average Bonchev–Trinajstić information content (AvgIpc) is 2.98. The first-order valence-corrected chi connectivity index (χ1v) is 10.9. The molecule has 0 radical (unpaired) electrons. The van der Waals surface area contributed by atoms with Crippen molar-refractivity contribution in [2.24, 2.45) is 11.8 Å². The van der Waals surface area contributed by atoms with Crippen LogP contribution in [0, 0.1) is 25.7 Å². The Morgan fingerprint density at radius 2 is 1.97 bits per heavy atom. The normalized spacial score (nSPS) is 21.3. The van der Waals surface area contributed by atoms with E-state index in [-0.39, 0.29) is 18.6 Å². The monoisotopic (exact) mass is 431 g/mol. The molecule has 1 saturated carbocycles. The van der Waals surface area contributed by atoms with Gasteiger partial charge in [-0.3, -0.25) is 9.48 Å². The summed E-state index contributed by atoms with van der Waals surface area (Å²) in [5.41, 5.74) is 2.57. The predicted octanol–water partition coefficient (Wildman–Crippen LogP) is 4.30. The van der Waals surface area contributed by atoms with Gasteiger partial charge in [-0.1, -0.05) is 56.5 Å². The van der Waals surface area contributed by atoms with Gasteiger partial charge in [0.1, 0.15) is 5.56 Å². The first-order chi connectivity index (χ1) is 14.3. The van der Waals surface area contributed by atoms with Crippen molar-refractivity contribution in [3.05, 3.63) is 51.8 Å². The summed E-state index contributed by atoms with van der Waals surface area (Å²) in [7, 11) is 0. The Kier molecular flexibility index (Phi) is 7.19.